The van der Waals surface area contributed by atoms with Gasteiger partial charge in [-0.15, -0.1) is 0 Å². The lowest BCUT2D eigenvalue weighted by atomic mass is 9.77. The fourth-order valence-electron chi connectivity index (χ4n) is 5.23. The molecule has 2 fully saturated rings. The number of aromatic nitrogens is 4. The van der Waals surface area contributed by atoms with Crippen LogP contribution in [-0.4, -0.2) is 43.2 Å². The Bertz CT molecular complexity index is 1010. The highest BCUT2D eigenvalue weighted by Gasteiger charge is 2.44. The lowest BCUT2D eigenvalue weighted by molar-refractivity contribution is 0.0509. The number of fused-ring (bicyclic) bond motifs is 1. The molecule has 0 radical (unpaired) electrons. The molecule has 0 N–H and O–H groups in total. The molecular formula is C23H28FN5O. The maximum atomic E-state index is 14.3. The molecule has 0 amide bonds. The van der Waals surface area contributed by atoms with Crippen LogP contribution in [0.4, 0.5) is 4.39 Å². The quantitative estimate of drug-likeness (QED) is 0.646. The first-order chi connectivity index (χ1) is 14.6. The summed E-state index contributed by atoms with van der Waals surface area (Å²) in [6.45, 7) is 4.98. The van der Waals surface area contributed by atoms with Crippen molar-refractivity contribution in [3.63, 3.8) is 0 Å². The maximum Gasteiger partial charge on any atom is 0.165 e. The third-order valence-corrected chi connectivity index (χ3v) is 6.78. The Hall–Kier alpha value is -2.67. The van der Waals surface area contributed by atoms with Gasteiger partial charge in [-0.2, -0.15) is 0 Å². The van der Waals surface area contributed by atoms with Gasteiger partial charge in [0.1, 0.15) is 17.8 Å². The van der Waals surface area contributed by atoms with E-state index in [0.29, 0.717) is 17.6 Å². The standard InChI is InChI=1S/C23H28FN5O/c1-16-25-8-10-29(16)20-11-17-13-28(15-23-26-7-9-27(23)2)14-18(17)12-22(20)30-21-6-4-3-5-19(21)24/h3-10,17-18,20,22H,11-15H2,1-2H3/t17-,18+,20-,22-/m0/s1. The average Bonchev–Trinajstić information content (AvgIpc) is 3.43. The molecule has 1 saturated carbocycles. The number of para-hydroxylation sites is 1. The Morgan fingerprint density at radius 2 is 1.83 bits per heavy atom. The summed E-state index contributed by atoms with van der Waals surface area (Å²) >= 11 is 0. The zero-order valence-electron chi connectivity index (χ0n) is 17.5. The van der Waals surface area contributed by atoms with E-state index in [2.05, 4.69) is 24.0 Å². The second kappa shape index (κ2) is 7.87. The van der Waals surface area contributed by atoms with E-state index in [9.17, 15) is 4.39 Å². The van der Waals surface area contributed by atoms with E-state index in [1.807, 2.05) is 44.8 Å². The van der Waals surface area contributed by atoms with Crippen molar-refractivity contribution < 1.29 is 9.13 Å². The molecule has 5 rings (SSSR count). The van der Waals surface area contributed by atoms with Gasteiger partial charge in [-0.1, -0.05) is 12.1 Å². The monoisotopic (exact) mass is 409 g/mol. The highest BCUT2D eigenvalue weighted by molar-refractivity contribution is 5.24. The predicted octanol–water partition coefficient (Wildman–Crippen LogP) is 3.59. The number of benzene rings is 1. The molecule has 30 heavy (non-hydrogen) atoms. The van der Waals surface area contributed by atoms with E-state index < -0.39 is 0 Å². The first-order valence-electron chi connectivity index (χ1n) is 10.7. The number of hydrogen-bond acceptors (Lipinski definition) is 4. The number of halogens is 1. The molecule has 2 aliphatic rings. The van der Waals surface area contributed by atoms with Gasteiger partial charge in [0, 0.05) is 44.9 Å². The Labute approximate surface area is 176 Å². The van der Waals surface area contributed by atoms with Crippen molar-refractivity contribution in [2.24, 2.45) is 18.9 Å². The lowest BCUT2D eigenvalue weighted by Gasteiger charge is -2.39. The van der Waals surface area contributed by atoms with Crippen molar-refractivity contribution >= 4 is 0 Å². The van der Waals surface area contributed by atoms with Crippen LogP contribution in [0, 0.1) is 24.6 Å². The van der Waals surface area contributed by atoms with Crippen molar-refractivity contribution in [3.05, 3.63) is 66.5 Å². The third-order valence-electron chi connectivity index (χ3n) is 6.78. The van der Waals surface area contributed by atoms with Gasteiger partial charge in [-0.25, -0.2) is 14.4 Å². The summed E-state index contributed by atoms with van der Waals surface area (Å²) < 4.78 is 24.9. The fourth-order valence-corrected chi connectivity index (χ4v) is 5.23. The van der Waals surface area contributed by atoms with Crippen molar-refractivity contribution in [1.82, 2.24) is 24.0 Å². The number of ether oxygens (including phenoxy) is 1. The number of likely N-dealkylation sites (tertiary alicyclic amines) is 1. The number of rotatable bonds is 5. The summed E-state index contributed by atoms with van der Waals surface area (Å²) in [5.41, 5.74) is 0. The molecule has 3 aromatic rings. The summed E-state index contributed by atoms with van der Waals surface area (Å²) in [4.78, 5) is 11.4. The van der Waals surface area contributed by atoms with Crippen LogP contribution in [0.2, 0.25) is 0 Å². The average molecular weight is 410 g/mol. The Morgan fingerprint density at radius 1 is 1.07 bits per heavy atom. The van der Waals surface area contributed by atoms with Crippen molar-refractivity contribution in [2.45, 2.75) is 38.5 Å². The number of aryl methyl sites for hydroxylation is 2. The van der Waals surface area contributed by atoms with Gasteiger partial charge in [-0.05, 0) is 43.7 Å². The molecule has 4 atom stereocenters. The molecule has 6 nitrogen and oxygen atoms in total. The molecule has 3 heterocycles. The van der Waals surface area contributed by atoms with Crippen LogP contribution in [0.1, 0.15) is 30.5 Å². The summed E-state index contributed by atoms with van der Waals surface area (Å²) in [5.74, 6) is 3.24. The van der Waals surface area contributed by atoms with Crippen LogP contribution in [0.3, 0.4) is 0 Å². The van der Waals surface area contributed by atoms with Crippen LogP contribution in [-0.2, 0) is 13.6 Å². The van der Waals surface area contributed by atoms with Gasteiger partial charge in [0.25, 0.3) is 0 Å². The second-order valence-electron chi connectivity index (χ2n) is 8.68. The number of imidazole rings is 2. The van der Waals surface area contributed by atoms with Gasteiger partial charge in [0.05, 0.1) is 12.6 Å². The Kier molecular flexibility index (Phi) is 5.06. The van der Waals surface area contributed by atoms with Gasteiger partial charge in [0.15, 0.2) is 11.6 Å². The Morgan fingerprint density at radius 3 is 2.53 bits per heavy atom. The van der Waals surface area contributed by atoms with E-state index in [1.54, 1.807) is 12.1 Å². The molecule has 158 valence electrons. The predicted molar refractivity (Wildman–Crippen MR) is 112 cm³/mol. The van der Waals surface area contributed by atoms with Crippen LogP contribution in [0.25, 0.3) is 0 Å². The van der Waals surface area contributed by atoms with Crippen LogP contribution in [0.5, 0.6) is 5.75 Å². The SMILES string of the molecule is Cc1nccn1[C@H]1C[C@H]2CN(Cc3nccn3C)C[C@H]2C[C@@H]1Oc1ccccc1F. The number of nitrogens with zero attached hydrogens (tertiary/aromatic N) is 5. The molecular weight excluding hydrogens is 381 g/mol. The lowest BCUT2D eigenvalue weighted by Crippen LogP contribution is -2.40. The van der Waals surface area contributed by atoms with Gasteiger partial charge < -0.3 is 13.9 Å². The van der Waals surface area contributed by atoms with E-state index >= 15 is 0 Å². The molecule has 7 heteroatoms. The highest BCUT2D eigenvalue weighted by atomic mass is 19.1. The normalized spacial score (nSPS) is 26.6. The summed E-state index contributed by atoms with van der Waals surface area (Å²) in [6.07, 6.45) is 9.56. The molecule has 0 unspecified atom stereocenters. The van der Waals surface area contributed by atoms with Crippen LogP contribution in [0.15, 0.2) is 49.1 Å². The zero-order valence-corrected chi connectivity index (χ0v) is 17.5. The molecule has 1 aliphatic carbocycles. The smallest absolute Gasteiger partial charge is 0.165 e. The first kappa shape index (κ1) is 19.3. The van der Waals surface area contributed by atoms with Crippen molar-refractivity contribution in [1.29, 1.82) is 0 Å². The highest BCUT2D eigenvalue weighted by Crippen LogP contribution is 2.43. The van der Waals surface area contributed by atoms with Gasteiger partial charge in [0.2, 0.25) is 0 Å². The minimum absolute atomic E-state index is 0.0795. The molecule has 0 bridgehead atoms. The molecule has 0 spiro atoms. The number of hydrogen-bond donors (Lipinski definition) is 0. The van der Waals surface area contributed by atoms with E-state index in [-0.39, 0.29) is 18.0 Å². The topological polar surface area (TPSA) is 48.1 Å². The van der Waals surface area contributed by atoms with Crippen LogP contribution < -0.4 is 4.74 Å². The first-order valence-corrected chi connectivity index (χ1v) is 10.7. The van der Waals surface area contributed by atoms with E-state index in [1.165, 1.54) is 6.07 Å². The van der Waals surface area contributed by atoms with Gasteiger partial charge >= 0.3 is 0 Å². The summed E-state index contributed by atoms with van der Waals surface area (Å²) in [5, 5.41) is 0. The summed E-state index contributed by atoms with van der Waals surface area (Å²) in [7, 11) is 2.04. The Balaban J connectivity index is 1.37. The van der Waals surface area contributed by atoms with E-state index in [0.717, 1.165) is 44.1 Å². The fraction of sp³-hybridized carbons (Fsp3) is 0.478. The molecule has 1 saturated heterocycles. The molecule has 1 aromatic carbocycles. The third kappa shape index (κ3) is 3.62. The zero-order chi connectivity index (χ0) is 20.7. The maximum absolute atomic E-state index is 14.3. The largest absolute Gasteiger partial charge is 0.485 e. The molecule has 2 aromatic heterocycles. The van der Waals surface area contributed by atoms with Crippen LogP contribution >= 0.6 is 0 Å². The van der Waals surface area contributed by atoms with Crippen molar-refractivity contribution in [2.75, 3.05) is 13.1 Å². The van der Waals surface area contributed by atoms with E-state index in [4.69, 9.17) is 4.74 Å². The minimum atomic E-state index is -0.302. The second-order valence-corrected chi connectivity index (χ2v) is 8.68. The van der Waals surface area contributed by atoms with Crippen molar-refractivity contribution in [3.8, 4) is 5.75 Å². The minimum Gasteiger partial charge on any atom is -0.485 e. The van der Waals surface area contributed by atoms with Gasteiger partial charge in [-0.3, -0.25) is 4.90 Å². The summed E-state index contributed by atoms with van der Waals surface area (Å²) in [6, 6.07) is 6.86. The molecule has 1 aliphatic heterocycles.